The molecule has 27 heavy (non-hydrogen) atoms. The zero-order valence-corrected chi connectivity index (χ0v) is 17.2. The Hall–Kier alpha value is -1.80. The van der Waals surface area contributed by atoms with Crippen LogP contribution in [-0.4, -0.2) is 38.5 Å². The number of hydrogen-bond donors (Lipinski definition) is 1. The van der Waals surface area contributed by atoms with Crippen LogP contribution in [0.4, 0.5) is 0 Å². The predicted molar refractivity (Wildman–Crippen MR) is 107 cm³/mol. The third kappa shape index (κ3) is 7.03. The van der Waals surface area contributed by atoms with Crippen LogP contribution in [0.25, 0.3) is 0 Å². The van der Waals surface area contributed by atoms with Crippen molar-refractivity contribution in [2.45, 2.75) is 13.1 Å². The maximum absolute atomic E-state index is 11.9. The first-order valence-electron chi connectivity index (χ1n) is 7.99. The Balaban J connectivity index is 1.81. The topological polar surface area (TPSA) is 75.7 Å². The number of ether oxygens (including phenoxy) is 1. The third-order valence-electron chi connectivity index (χ3n) is 3.76. The number of carbonyl (C=O) groups is 1. The molecule has 146 valence electrons. The van der Waals surface area contributed by atoms with Crippen LogP contribution in [0.15, 0.2) is 42.5 Å². The fourth-order valence-corrected chi connectivity index (χ4v) is 2.98. The molecule has 0 atom stereocenters. The van der Waals surface area contributed by atoms with Crippen LogP contribution < -0.4 is 10.1 Å². The Kier molecular flexibility index (Phi) is 7.49. The van der Waals surface area contributed by atoms with Crippen LogP contribution in [0.3, 0.4) is 0 Å². The summed E-state index contributed by atoms with van der Waals surface area (Å²) in [4.78, 5) is 11.9. The maximum atomic E-state index is 11.9. The van der Waals surface area contributed by atoms with Gasteiger partial charge in [-0.15, -0.1) is 0 Å². The molecule has 1 amide bonds. The standard InChI is InChI=1S/C18H20Cl2N2O4S/c1-22(27(2,24)25)11-13-3-7-16(8-4-13)26-12-18(23)21-10-14-5-6-15(19)9-17(14)20/h3-9H,10-12H2,1-2H3,(H,21,23). The second-order valence-corrected chi connectivity index (χ2v) is 8.90. The molecule has 0 radical (unpaired) electrons. The molecule has 6 nitrogen and oxygen atoms in total. The van der Waals surface area contributed by atoms with Gasteiger partial charge >= 0.3 is 0 Å². The monoisotopic (exact) mass is 430 g/mol. The highest BCUT2D eigenvalue weighted by molar-refractivity contribution is 7.88. The van der Waals surface area contributed by atoms with E-state index in [4.69, 9.17) is 27.9 Å². The molecule has 2 aromatic carbocycles. The molecule has 0 aliphatic carbocycles. The number of carbonyl (C=O) groups excluding carboxylic acids is 1. The number of benzene rings is 2. The second kappa shape index (κ2) is 9.41. The van der Waals surface area contributed by atoms with E-state index < -0.39 is 10.0 Å². The SMILES string of the molecule is CN(Cc1ccc(OCC(=O)NCc2ccc(Cl)cc2Cl)cc1)S(C)(=O)=O. The molecule has 0 saturated heterocycles. The molecule has 0 aliphatic rings. The Morgan fingerprint density at radius 3 is 2.41 bits per heavy atom. The molecule has 0 aliphatic heterocycles. The van der Waals surface area contributed by atoms with Crippen LogP contribution >= 0.6 is 23.2 Å². The lowest BCUT2D eigenvalue weighted by Crippen LogP contribution is -2.28. The highest BCUT2D eigenvalue weighted by Gasteiger charge is 2.11. The van der Waals surface area contributed by atoms with E-state index >= 15 is 0 Å². The predicted octanol–water partition coefficient (Wildman–Crippen LogP) is 3.08. The van der Waals surface area contributed by atoms with Crippen molar-refractivity contribution in [3.05, 3.63) is 63.6 Å². The van der Waals surface area contributed by atoms with E-state index in [1.54, 1.807) is 42.5 Å². The van der Waals surface area contributed by atoms with Crippen LogP contribution in [0.1, 0.15) is 11.1 Å². The summed E-state index contributed by atoms with van der Waals surface area (Å²) in [6, 6.07) is 11.9. The van der Waals surface area contributed by atoms with E-state index in [2.05, 4.69) is 5.32 Å². The van der Waals surface area contributed by atoms with Gasteiger partial charge in [0.1, 0.15) is 5.75 Å². The molecule has 0 bridgehead atoms. The van der Waals surface area contributed by atoms with E-state index in [0.29, 0.717) is 15.8 Å². The fraction of sp³-hybridized carbons (Fsp3) is 0.278. The summed E-state index contributed by atoms with van der Waals surface area (Å²) in [7, 11) is -1.72. The zero-order valence-electron chi connectivity index (χ0n) is 14.9. The van der Waals surface area contributed by atoms with Crippen molar-refractivity contribution in [3.8, 4) is 5.75 Å². The first-order valence-corrected chi connectivity index (χ1v) is 10.6. The number of hydrogen-bond acceptors (Lipinski definition) is 4. The number of amides is 1. The molecule has 2 aromatic rings. The van der Waals surface area contributed by atoms with Crippen LogP contribution in [0, 0.1) is 0 Å². The van der Waals surface area contributed by atoms with Crippen molar-refractivity contribution in [1.29, 1.82) is 0 Å². The van der Waals surface area contributed by atoms with E-state index in [1.807, 2.05) is 0 Å². The minimum atomic E-state index is -3.23. The van der Waals surface area contributed by atoms with E-state index in [0.717, 1.165) is 17.4 Å². The molecule has 2 rings (SSSR count). The first kappa shape index (κ1) is 21.5. The van der Waals surface area contributed by atoms with Gasteiger partial charge in [-0.3, -0.25) is 4.79 Å². The third-order valence-corrected chi connectivity index (χ3v) is 5.60. The van der Waals surface area contributed by atoms with Gasteiger partial charge in [0.15, 0.2) is 6.61 Å². The normalized spacial score (nSPS) is 11.4. The molecule has 0 spiro atoms. The summed E-state index contributed by atoms with van der Waals surface area (Å²) >= 11 is 11.9. The highest BCUT2D eigenvalue weighted by Crippen LogP contribution is 2.20. The van der Waals surface area contributed by atoms with Crippen molar-refractivity contribution < 1.29 is 17.9 Å². The van der Waals surface area contributed by atoms with Crippen molar-refractivity contribution in [2.24, 2.45) is 0 Å². The Morgan fingerprint density at radius 2 is 1.81 bits per heavy atom. The fourth-order valence-electron chi connectivity index (χ4n) is 2.12. The van der Waals surface area contributed by atoms with E-state index in [1.165, 1.54) is 11.4 Å². The smallest absolute Gasteiger partial charge is 0.258 e. The lowest BCUT2D eigenvalue weighted by molar-refractivity contribution is -0.123. The summed E-state index contributed by atoms with van der Waals surface area (Å²) in [5, 5.41) is 3.74. The molecular formula is C18H20Cl2N2O4S. The van der Waals surface area contributed by atoms with Crippen molar-refractivity contribution in [1.82, 2.24) is 9.62 Å². The lowest BCUT2D eigenvalue weighted by Gasteiger charge is -2.14. The zero-order chi connectivity index (χ0) is 20.0. The number of nitrogens with zero attached hydrogens (tertiary/aromatic N) is 1. The van der Waals surface area contributed by atoms with Gasteiger partial charge in [0.2, 0.25) is 10.0 Å². The maximum Gasteiger partial charge on any atom is 0.258 e. The lowest BCUT2D eigenvalue weighted by atomic mass is 10.2. The minimum absolute atomic E-state index is 0.145. The number of nitrogens with one attached hydrogen (secondary N) is 1. The van der Waals surface area contributed by atoms with Gasteiger partial charge in [0.05, 0.1) is 6.26 Å². The van der Waals surface area contributed by atoms with Gasteiger partial charge in [-0.05, 0) is 35.4 Å². The molecule has 1 N–H and O–H groups in total. The molecule has 0 heterocycles. The van der Waals surface area contributed by atoms with Crippen LogP contribution in [0.5, 0.6) is 5.75 Å². The largest absolute Gasteiger partial charge is 0.484 e. The quantitative estimate of drug-likeness (QED) is 0.697. The summed E-state index contributed by atoms with van der Waals surface area (Å²) < 4.78 is 29.5. The Labute approximate surface area is 169 Å². The summed E-state index contributed by atoms with van der Waals surface area (Å²) in [6.07, 6.45) is 1.15. The highest BCUT2D eigenvalue weighted by atomic mass is 35.5. The van der Waals surface area contributed by atoms with Gasteiger partial charge in [0, 0.05) is 30.2 Å². The Morgan fingerprint density at radius 1 is 1.15 bits per heavy atom. The average molecular weight is 431 g/mol. The van der Waals surface area contributed by atoms with Crippen LogP contribution in [0.2, 0.25) is 10.0 Å². The number of rotatable bonds is 8. The molecule has 0 saturated carbocycles. The van der Waals surface area contributed by atoms with Gasteiger partial charge in [-0.25, -0.2) is 12.7 Å². The van der Waals surface area contributed by atoms with Gasteiger partial charge in [-0.2, -0.15) is 0 Å². The molecule has 0 fully saturated rings. The summed E-state index contributed by atoms with van der Waals surface area (Å²) in [6.45, 7) is 0.393. The first-order chi connectivity index (χ1) is 12.6. The van der Waals surface area contributed by atoms with Gasteiger partial charge in [0.25, 0.3) is 5.91 Å². The molecular weight excluding hydrogens is 411 g/mol. The van der Waals surface area contributed by atoms with E-state index in [-0.39, 0.29) is 25.6 Å². The van der Waals surface area contributed by atoms with Crippen molar-refractivity contribution >= 4 is 39.1 Å². The molecule has 0 aromatic heterocycles. The van der Waals surface area contributed by atoms with Gasteiger partial charge in [-0.1, -0.05) is 41.4 Å². The second-order valence-electron chi connectivity index (χ2n) is 5.96. The number of sulfonamides is 1. The Bertz CT molecular complexity index is 902. The summed E-state index contributed by atoms with van der Waals surface area (Å²) in [5.41, 5.74) is 1.57. The van der Waals surface area contributed by atoms with E-state index in [9.17, 15) is 13.2 Å². The van der Waals surface area contributed by atoms with Crippen LogP contribution in [-0.2, 0) is 27.9 Å². The summed E-state index contributed by atoms with van der Waals surface area (Å²) in [5.74, 6) is 0.224. The van der Waals surface area contributed by atoms with Gasteiger partial charge < -0.3 is 10.1 Å². The minimum Gasteiger partial charge on any atom is -0.484 e. The molecule has 9 heteroatoms. The van der Waals surface area contributed by atoms with Crippen molar-refractivity contribution in [2.75, 3.05) is 19.9 Å². The average Bonchev–Trinajstić information content (AvgIpc) is 2.59. The molecule has 0 unspecified atom stereocenters. The number of halogens is 2. The van der Waals surface area contributed by atoms with Crippen molar-refractivity contribution in [3.63, 3.8) is 0 Å².